The summed E-state index contributed by atoms with van der Waals surface area (Å²) in [5.74, 6) is -0.360. The van der Waals surface area contributed by atoms with Crippen molar-refractivity contribution >= 4 is 50.0 Å². The van der Waals surface area contributed by atoms with Crippen molar-refractivity contribution in [2.24, 2.45) is 5.92 Å². The van der Waals surface area contributed by atoms with Gasteiger partial charge in [0.2, 0.25) is 5.91 Å². The van der Waals surface area contributed by atoms with Crippen LogP contribution < -0.4 is 10.2 Å². The molecule has 0 spiro atoms. The van der Waals surface area contributed by atoms with Gasteiger partial charge in [-0.1, -0.05) is 17.4 Å². The normalized spacial score (nSPS) is 14.6. The highest BCUT2D eigenvalue weighted by atomic mass is 32.2. The Morgan fingerprint density at radius 2 is 2.04 bits per heavy atom. The second kappa shape index (κ2) is 6.65. The van der Waals surface area contributed by atoms with Crippen molar-refractivity contribution in [3.63, 3.8) is 0 Å². The van der Waals surface area contributed by atoms with Gasteiger partial charge >= 0.3 is 0 Å². The summed E-state index contributed by atoms with van der Waals surface area (Å²) in [7, 11) is 0. The fraction of sp³-hybridized carbons (Fsp3) is 0.222. The Balaban J connectivity index is 1.38. The van der Waals surface area contributed by atoms with E-state index in [2.05, 4.69) is 10.3 Å². The van der Waals surface area contributed by atoms with Gasteiger partial charge < -0.3 is 10.2 Å². The highest BCUT2D eigenvalue weighted by molar-refractivity contribution is 7.98. The molecule has 3 aromatic rings. The van der Waals surface area contributed by atoms with Gasteiger partial charge in [-0.2, -0.15) is 0 Å². The second-order valence-electron chi connectivity index (χ2n) is 5.90. The maximum atomic E-state index is 13.7. The van der Waals surface area contributed by atoms with E-state index < -0.39 is 0 Å². The number of anilines is 2. The number of carbonyl (C=O) groups excluding carboxylic acids is 1. The molecule has 1 amide bonds. The number of hydrogen-bond donors (Lipinski definition) is 1. The largest absolute Gasteiger partial charge is 0.346 e. The maximum absolute atomic E-state index is 13.7. The molecule has 4 rings (SSSR count). The van der Waals surface area contributed by atoms with Gasteiger partial charge in [0.05, 0.1) is 10.6 Å². The smallest absolute Gasteiger partial charge is 0.231 e. The number of nitrogens with one attached hydrogen (secondary N) is 1. The number of aromatic nitrogens is 1. The number of thioether (sulfide) groups is 1. The van der Waals surface area contributed by atoms with E-state index in [-0.39, 0.29) is 17.6 Å². The molecule has 0 radical (unpaired) electrons. The number of rotatable bonds is 4. The van der Waals surface area contributed by atoms with Gasteiger partial charge in [0.1, 0.15) is 11.3 Å². The molecule has 128 valence electrons. The zero-order valence-electron chi connectivity index (χ0n) is 13.5. The molecule has 4 nitrogen and oxygen atoms in total. The minimum atomic E-state index is -0.302. The Bertz CT molecular complexity index is 920. The number of hydrogen-bond acceptors (Lipinski definition) is 5. The first-order chi connectivity index (χ1) is 12.1. The Morgan fingerprint density at radius 3 is 2.72 bits per heavy atom. The lowest BCUT2D eigenvalue weighted by molar-refractivity contribution is -0.120. The number of amides is 1. The summed E-state index contributed by atoms with van der Waals surface area (Å²) in [6.45, 7) is 1.21. The van der Waals surface area contributed by atoms with Crippen molar-refractivity contribution in [1.82, 2.24) is 4.98 Å². The number of thiazole rings is 1. The van der Waals surface area contributed by atoms with Gasteiger partial charge in [0.25, 0.3) is 0 Å². The second-order valence-corrected chi connectivity index (χ2v) is 7.79. The summed E-state index contributed by atoms with van der Waals surface area (Å²) in [6.07, 6.45) is 2.02. The van der Waals surface area contributed by atoms with Crippen molar-refractivity contribution in [2.75, 3.05) is 29.6 Å². The van der Waals surface area contributed by atoms with Crippen LogP contribution in [-0.4, -0.2) is 30.2 Å². The van der Waals surface area contributed by atoms with Crippen LogP contribution in [0.1, 0.15) is 0 Å². The summed E-state index contributed by atoms with van der Waals surface area (Å²) < 4.78 is 14.6. The van der Waals surface area contributed by atoms with Crippen LogP contribution >= 0.6 is 23.1 Å². The minimum Gasteiger partial charge on any atom is -0.346 e. The van der Waals surface area contributed by atoms with E-state index in [1.165, 1.54) is 17.4 Å². The molecule has 1 fully saturated rings. The average molecular weight is 373 g/mol. The molecular weight excluding hydrogens is 357 g/mol. The number of nitrogens with zero attached hydrogens (tertiary/aromatic N) is 2. The Labute approximate surface area is 153 Å². The molecule has 0 saturated carbocycles. The average Bonchev–Trinajstić information content (AvgIpc) is 2.99. The van der Waals surface area contributed by atoms with Crippen LogP contribution in [-0.2, 0) is 4.79 Å². The molecule has 2 aromatic carbocycles. The highest BCUT2D eigenvalue weighted by Gasteiger charge is 2.34. The molecule has 1 aliphatic rings. The lowest BCUT2D eigenvalue weighted by Gasteiger charge is -2.37. The van der Waals surface area contributed by atoms with E-state index in [0.29, 0.717) is 18.6 Å². The zero-order valence-corrected chi connectivity index (χ0v) is 15.2. The van der Waals surface area contributed by atoms with Gasteiger partial charge in [-0.25, -0.2) is 9.37 Å². The van der Waals surface area contributed by atoms with Crippen LogP contribution in [0.4, 0.5) is 15.2 Å². The third kappa shape index (κ3) is 3.21. The Morgan fingerprint density at radius 1 is 1.28 bits per heavy atom. The molecule has 0 unspecified atom stereocenters. The quantitative estimate of drug-likeness (QED) is 0.695. The minimum absolute atomic E-state index is 0.0143. The Kier molecular flexibility index (Phi) is 4.35. The van der Waals surface area contributed by atoms with E-state index in [1.54, 1.807) is 17.8 Å². The molecule has 2 heterocycles. The van der Waals surface area contributed by atoms with Gasteiger partial charge in [-0.15, -0.1) is 11.8 Å². The number of para-hydroxylation sites is 1. The predicted molar refractivity (Wildman–Crippen MR) is 102 cm³/mol. The fourth-order valence-corrected chi connectivity index (χ4v) is 4.16. The van der Waals surface area contributed by atoms with Gasteiger partial charge in [-0.05, 0) is 42.7 Å². The molecule has 1 aliphatic heterocycles. The van der Waals surface area contributed by atoms with Crippen LogP contribution in [0.3, 0.4) is 0 Å². The van der Waals surface area contributed by atoms with Gasteiger partial charge in [0.15, 0.2) is 5.13 Å². The van der Waals surface area contributed by atoms with Crippen LogP contribution in [0.25, 0.3) is 10.2 Å². The summed E-state index contributed by atoms with van der Waals surface area (Å²) in [5.41, 5.74) is 1.22. The van der Waals surface area contributed by atoms with Crippen molar-refractivity contribution in [3.05, 3.63) is 48.3 Å². The van der Waals surface area contributed by atoms with Crippen LogP contribution in [0, 0.1) is 11.7 Å². The predicted octanol–water partition coefficient (Wildman–Crippen LogP) is 4.23. The molecule has 1 aromatic heterocycles. The number of fused-ring (bicyclic) bond motifs is 1. The van der Waals surface area contributed by atoms with E-state index in [9.17, 15) is 9.18 Å². The fourth-order valence-electron chi connectivity index (χ4n) is 2.76. The van der Waals surface area contributed by atoms with E-state index in [0.717, 1.165) is 20.4 Å². The van der Waals surface area contributed by atoms with Crippen LogP contribution in [0.2, 0.25) is 0 Å². The third-order valence-corrected chi connectivity index (χ3v) is 6.06. The lowest BCUT2D eigenvalue weighted by atomic mass is 10.00. The molecular formula is C18H16FN3OS2. The first-order valence-electron chi connectivity index (χ1n) is 7.89. The Hall–Kier alpha value is -2.12. The molecule has 25 heavy (non-hydrogen) atoms. The standard InChI is InChI=1S/C18H16FN3OS2/c1-24-13-7-5-12(6-8-13)20-17(23)11-9-22(10-11)18-21-16-14(19)3-2-4-15(16)25-18/h2-8,11H,9-10H2,1H3,(H,20,23). The first-order valence-corrected chi connectivity index (χ1v) is 9.93. The highest BCUT2D eigenvalue weighted by Crippen LogP contribution is 2.34. The molecule has 0 aliphatic carbocycles. The monoisotopic (exact) mass is 373 g/mol. The SMILES string of the molecule is CSc1ccc(NC(=O)C2CN(c3nc4c(F)cccc4s3)C2)cc1. The van der Waals surface area contributed by atoms with Crippen molar-refractivity contribution in [2.45, 2.75) is 4.90 Å². The van der Waals surface area contributed by atoms with Crippen LogP contribution in [0.15, 0.2) is 47.4 Å². The topological polar surface area (TPSA) is 45.2 Å². The van der Waals surface area contributed by atoms with E-state index >= 15 is 0 Å². The van der Waals surface area contributed by atoms with E-state index in [1.807, 2.05) is 41.5 Å². The van der Waals surface area contributed by atoms with Crippen molar-refractivity contribution in [1.29, 1.82) is 0 Å². The third-order valence-electron chi connectivity index (χ3n) is 4.24. The van der Waals surface area contributed by atoms with Gasteiger partial charge in [0, 0.05) is 23.7 Å². The van der Waals surface area contributed by atoms with E-state index in [4.69, 9.17) is 0 Å². The lowest BCUT2D eigenvalue weighted by Crippen LogP contribution is -2.52. The summed E-state index contributed by atoms with van der Waals surface area (Å²) in [6, 6.07) is 12.8. The van der Waals surface area contributed by atoms with Gasteiger partial charge in [-0.3, -0.25) is 4.79 Å². The molecule has 0 bridgehead atoms. The summed E-state index contributed by atoms with van der Waals surface area (Å²) >= 11 is 3.12. The van der Waals surface area contributed by atoms with Crippen molar-refractivity contribution < 1.29 is 9.18 Å². The molecule has 7 heteroatoms. The zero-order chi connectivity index (χ0) is 17.4. The number of halogens is 1. The summed E-state index contributed by atoms with van der Waals surface area (Å²) in [4.78, 5) is 19.9. The molecule has 0 atom stereocenters. The molecule has 1 N–H and O–H groups in total. The first kappa shape index (κ1) is 16.4. The number of benzene rings is 2. The molecule has 1 saturated heterocycles. The maximum Gasteiger partial charge on any atom is 0.231 e. The number of carbonyl (C=O) groups is 1. The van der Waals surface area contributed by atoms with Crippen molar-refractivity contribution in [3.8, 4) is 0 Å². The summed E-state index contributed by atoms with van der Waals surface area (Å²) in [5, 5.41) is 3.72. The van der Waals surface area contributed by atoms with Crippen LogP contribution in [0.5, 0.6) is 0 Å².